The summed E-state index contributed by atoms with van der Waals surface area (Å²) in [6, 6.07) is 30.2. The van der Waals surface area contributed by atoms with Gasteiger partial charge in [-0.25, -0.2) is 9.78 Å². The molecule has 220 valence electrons. The van der Waals surface area contributed by atoms with Crippen LogP contribution < -0.4 is 5.32 Å². The van der Waals surface area contributed by atoms with Gasteiger partial charge in [0.05, 0.1) is 0 Å². The zero-order chi connectivity index (χ0) is 29.7. The van der Waals surface area contributed by atoms with Crippen molar-refractivity contribution in [3.63, 3.8) is 0 Å². The number of benzene rings is 3. The molecule has 1 aromatic heterocycles. The van der Waals surface area contributed by atoms with Gasteiger partial charge < -0.3 is 14.9 Å². The molecule has 0 aliphatic carbocycles. The fourth-order valence-electron chi connectivity index (χ4n) is 4.16. The number of rotatable bonds is 10. The smallest absolute Gasteiger partial charge is 0.353 e. The Balaban J connectivity index is 0.00000484. The minimum atomic E-state index is -1.47. The van der Waals surface area contributed by atoms with Gasteiger partial charge in [0.2, 0.25) is 5.60 Å². The number of nitrogens with one attached hydrogen (secondary N) is 1. The van der Waals surface area contributed by atoms with Crippen molar-refractivity contribution in [1.82, 2.24) is 4.98 Å². The SMILES string of the molecule is CC(C)(C)OC(=O)C(C)(C)ON=C(C(=O)Cl)c1csc(NC(c2ccccc2)(c2ccccc2)c2ccccc2)n1.Cl. The van der Waals surface area contributed by atoms with Crippen molar-refractivity contribution in [3.8, 4) is 0 Å². The Morgan fingerprint density at radius 2 is 1.26 bits per heavy atom. The van der Waals surface area contributed by atoms with Crippen molar-refractivity contribution < 1.29 is 19.2 Å². The molecule has 0 atom stereocenters. The van der Waals surface area contributed by atoms with E-state index < -0.39 is 28.0 Å². The minimum absolute atomic E-state index is 0. The molecular weight excluding hydrogens is 593 g/mol. The molecule has 7 nitrogen and oxygen atoms in total. The van der Waals surface area contributed by atoms with Crippen LogP contribution in [0.4, 0.5) is 5.13 Å². The Morgan fingerprint density at radius 3 is 1.67 bits per heavy atom. The number of anilines is 1. The number of carbonyl (C=O) groups excluding carboxylic acids is 2. The molecule has 4 aromatic rings. The Bertz CT molecular complexity index is 1420. The van der Waals surface area contributed by atoms with Gasteiger partial charge in [-0.05, 0) is 62.9 Å². The number of esters is 1. The maximum absolute atomic E-state index is 12.6. The normalized spacial score (nSPS) is 12.2. The number of oxime groups is 1. The molecule has 1 N–H and O–H groups in total. The van der Waals surface area contributed by atoms with Gasteiger partial charge in [-0.3, -0.25) is 4.79 Å². The lowest BCUT2D eigenvalue weighted by Crippen LogP contribution is -2.40. The zero-order valence-corrected chi connectivity index (χ0v) is 26.3. The molecule has 0 bridgehead atoms. The molecule has 4 rings (SSSR count). The van der Waals surface area contributed by atoms with Crippen molar-refractivity contribution in [1.29, 1.82) is 0 Å². The topological polar surface area (TPSA) is 89.9 Å². The number of nitrogens with zero attached hydrogens (tertiary/aromatic N) is 2. The molecule has 0 saturated heterocycles. The number of carbonyl (C=O) groups is 2. The molecule has 0 amide bonds. The van der Waals surface area contributed by atoms with E-state index in [0.29, 0.717) is 5.13 Å². The lowest BCUT2D eigenvalue weighted by molar-refractivity contribution is -0.179. The van der Waals surface area contributed by atoms with E-state index in [1.807, 2.05) is 54.6 Å². The Morgan fingerprint density at radius 1 is 0.810 bits per heavy atom. The van der Waals surface area contributed by atoms with Crippen molar-refractivity contribution in [2.75, 3.05) is 5.32 Å². The van der Waals surface area contributed by atoms with E-state index in [4.69, 9.17) is 21.2 Å². The summed E-state index contributed by atoms with van der Waals surface area (Å²) in [5.74, 6) is -0.630. The quantitative estimate of drug-likeness (QED) is 0.0642. The second-order valence-electron chi connectivity index (χ2n) is 10.8. The van der Waals surface area contributed by atoms with Gasteiger partial charge in [0.15, 0.2) is 10.8 Å². The first-order valence-corrected chi connectivity index (χ1v) is 14.3. The van der Waals surface area contributed by atoms with Crippen molar-refractivity contribution in [2.45, 2.75) is 51.4 Å². The van der Waals surface area contributed by atoms with Gasteiger partial charge in [0.1, 0.15) is 16.8 Å². The third kappa shape index (κ3) is 7.56. The maximum Gasteiger partial charge on any atom is 0.353 e. The lowest BCUT2D eigenvalue weighted by Gasteiger charge is -2.36. The standard InChI is InChI=1S/C32H32ClN3O4S.ClH/c1-30(2,3)39-28(38)31(4,5)40-36-26(27(33)37)25-21-41-29(34-25)35-32(22-15-9-6-10-16-22,23-17-11-7-12-18-23)24-19-13-8-14-20-24;/h6-21H,1-5H3,(H,34,35);1H. The molecule has 1 heterocycles. The van der Waals surface area contributed by atoms with Crippen molar-refractivity contribution in [3.05, 3.63) is 119 Å². The van der Waals surface area contributed by atoms with Crippen LogP contribution in [-0.2, 0) is 24.7 Å². The van der Waals surface area contributed by atoms with Crippen LogP contribution in [0.25, 0.3) is 0 Å². The fourth-order valence-corrected chi connectivity index (χ4v) is 5.04. The highest BCUT2D eigenvalue weighted by molar-refractivity contribution is 7.14. The van der Waals surface area contributed by atoms with Crippen LogP contribution in [0.1, 0.15) is 57.0 Å². The number of halogens is 2. The number of hydrogen-bond acceptors (Lipinski definition) is 8. The van der Waals surface area contributed by atoms with Gasteiger partial charge in [-0.15, -0.1) is 23.7 Å². The summed E-state index contributed by atoms with van der Waals surface area (Å²) < 4.78 is 5.41. The number of hydrogen-bond donors (Lipinski definition) is 1. The van der Waals surface area contributed by atoms with Crippen molar-refractivity contribution in [2.24, 2.45) is 5.16 Å². The van der Waals surface area contributed by atoms with E-state index in [0.717, 1.165) is 16.7 Å². The number of ether oxygens (including phenoxy) is 1. The summed E-state index contributed by atoms with van der Waals surface area (Å²) in [7, 11) is 0. The van der Waals surface area contributed by atoms with E-state index in [1.165, 1.54) is 25.2 Å². The summed E-state index contributed by atoms with van der Waals surface area (Å²) in [6.45, 7) is 8.26. The average Bonchev–Trinajstić information content (AvgIpc) is 3.40. The molecule has 0 fully saturated rings. The molecule has 3 aromatic carbocycles. The fraction of sp³-hybridized carbons (Fsp3) is 0.250. The first-order chi connectivity index (χ1) is 19.4. The zero-order valence-electron chi connectivity index (χ0n) is 24.0. The summed E-state index contributed by atoms with van der Waals surface area (Å²) in [5, 5.41) is 8.92. The predicted octanol–water partition coefficient (Wildman–Crippen LogP) is 7.58. The van der Waals surface area contributed by atoms with E-state index >= 15 is 0 Å². The molecule has 0 unspecified atom stereocenters. The molecule has 0 aliphatic rings. The van der Waals surface area contributed by atoms with Crippen LogP contribution in [0.2, 0.25) is 0 Å². The van der Waals surface area contributed by atoms with E-state index in [9.17, 15) is 9.59 Å². The molecule has 0 saturated carbocycles. The highest BCUT2D eigenvalue weighted by Crippen LogP contribution is 2.40. The molecule has 0 spiro atoms. The number of thiazole rings is 1. The van der Waals surface area contributed by atoms with Gasteiger partial charge in [0.25, 0.3) is 5.24 Å². The van der Waals surface area contributed by atoms with E-state index in [-0.39, 0.29) is 23.8 Å². The first-order valence-electron chi connectivity index (χ1n) is 13.0. The van der Waals surface area contributed by atoms with Crippen LogP contribution in [0.3, 0.4) is 0 Å². The molecule has 0 radical (unpaired) electrons. The summed E-state index contributed by atoms with van der Waals surface area (Å²) in [6.07, 6.45) is 0. The van der Waals surface area contributed by atoms with Gasteiger partial charge in [-0.2, -0.15) is 0 Å². The largest absolute Gasteiger partial charge is 0.457 e. The van der Waals surface area contributed by atoms with Gasteiger partial charge >= 0.3 is 5.97 Å². The van der Waals surface area contributed by atoms with Crippen LogP contribution in [0.15, 0.2) is 102 Å². The van der Waals surface area contributed by atoms with Gasteiger partial charge in [0, 0.05) is 5.38 Å². The van der Waals surface area contributed by atoms with E-state index in [1.54, 1.807) is 26.2 Å². The van der Waals surface area contributed by atoms with E-state index in [2.05, 4.69) is 51.9 Å². The van der Waals surface area contributed by atoms with Crippen LogP contribution in [0, 0.1) is 0 Å². The predicted molar refractivity (Wildman–Crippen MR) is 171 cm³/mol. The van der Waals surface area contributed by atoms with Crippen LogP contribution in [-0.4, -0.2) is 33.1 Å². The number of aromatic nitrogens is 1. The average molecular weight is 627 g/mol. The highest BCUT2D eigenvalue weighted by atomic mass is 35.5. The first kappa shape index (κ1) is 32.8. The molecule has 10 heteroatoms. The molecule has 42 heavy (non-hydrogen) atoms. The van der Waals surface area contributed by atoms with Gasteiger partial charge in [-0.1, -0.05) is 96.2 Å². The Kier molecular flexibility index (Phi) is 10.5. The Labute approximate surface area is 261 Å². The van der Waals surface area contributed by atoms with Crippen molar-refractivity contribution >= 4 is 57.4 Å². The molecule has 0 aliphatic heterocycles. The van der Waals surface area contributed by atoms with Crippen LogP contribution >= 0.6 is 35.3 Å². The maximum atomic E-state index is 12.6. The highest BCUT2D eigenvalue weighted by Gasteiger charge is 2.38. The summed E-state index contributed by atoms with van der Waals surface area (Å²) >= 11 is 7.19. The Hall–Kier alpha value is -3.72. The lowest BCUT2D eigenvalue weighted by atomic mass is 9.77. The third-order valence-corrected chi connectivity index (χ3v) is 7.04. The third-order valence-electron chi connectivity index (χ3n) is 6.10. The minimum Gasteiger partial charge on any atom is -0.457 e. The monoisotopic (exact) mass is 625 g/mol. The second kappa shape index (κ2) is 13.5. The summed E-state index contributed by atoms with van der Waals surface area (Å²) in [5.41, 5.74) is -0.0127. The summed E-state index contributed by atoms with van der Waals surface area (Å²) in [4.78, 5) is 35.2. The second-order valence-corrected chi connectivity index (χ2v) is 12.0. The molecular formula is C32H33Cl2N3O4S. The van der Waals surface area contributed by atoms with Crippen LogP contribution in [0.5, 0.6) is 0 Å².